The first kappa shape index (κ1) is 15.8. The van der Waals surface area contributed by atoms with E-state index in [-0.39, 0.29) is 6.54 Å². The number of nitrogens with zero attached hydrogens (tertiary/aromatic N) is 1. The summed E-state index contributed by atoms with van der Waals surface area (Å²) in [7, 11) is -1.19. The van der Waals surface area contributed by atoms with Crippen LogP contribution in [0.1, 0.15) is 27.2 Å². The minimum atomic E-state index is -3.22. The minimum Gasteiger partial charge on any atom is -0.329 e. The molecule has 0 aromatic rings. The monoisotopic (exact) mass is 251 g/mol. The van der Waals surface area contributed by atoms with E-state index in [0.29, 0.717) is 12.6 Å². The third-order valence-corrected chi connectivity index (χ3v) is 4.59. The summed E-state index contributed by atoms with van der Waals surface area (Å²) in [4.78, 5) is 2.18. The fourth-order valence-electron chi connectivity index (χ4n) is 1.07. The molecule has 0 spiro atoms. The Bertz CT molecular complexity index is 278. The Balaban J connectivity index is 3.83. The Morgan fingerprint density at radius 2 is 1.88 bits per heavy atom. The van der Waals surface area contributed by atoms with Crippen molar-refractivity contribution >= 4 is 10.0 Å². The maximum Gasteiger partial charge on any atom is 0.215 e. The van der Waals surface area contributed by atoms with Crippen LogP contribution in [0.4, 0.5) is 0 Å². The van der Waals surface area contributed by atoms with Gasteiger partial charge in [-0.25, -0.2) is 13.1 Å². The van der Waals surface area contributed by atoms with Crippen molar-refractivity contribution < 1.29 is 8.42 Å². The molecular formula is C10H25N3O2S. The van der Waals surface area contributed by atoms with Crippen molar-refractivity contribution in [2.45, 2.75) is 38.5 Å². The van der Waals surface area contributed by atoms with Crippen LogP contribution in [-0.2, 0) is 10.0 Å². The highest BCUT2D eigenvalue weighted by Crippen LogP contribution is 1.97. The van der Waals surface area contributed by atoms with Crippen molar-refractivity contribution in [2.75, 3.05) is 26.7 Å². The lowest BCUT2D eigenvalue weighted by Gasteiger charge is -2.21. The van der Waals surface area contributed by atoms with Crippen molar-refractivity contribution in [2.24, 2.45) is 5.73 Å². The van der Waals surface area contributed by atoms with Gasteiger partial charge in [0, 0.05) is 19.1 Å². The summed E-state index contributed by atoms with van der Waals surface area (Å²) in [6.07, 6.45) is 0.811. The largest absolute Gasteiger partial charge is 0.329 e. The van der Waals surface area contributed by atoms with Gasteiger partial charge in [0.1, 0.15) is 0 Å². The summed E-state index contributed by atoms with van der Waals surface area (Å²) in [5, 5.41) is -0.518. The molecule has 1 atom stereocenters. The molecule has 5 nitrogen and oxygen atoms in total. The van der Waals surface area contributed by atoms with E-state index in [9.17, 15) is 8.42 Å². The lowest BCUT2D eigenvalue weighted by molar-refractivity contribution is 0.271. The highest BCUT2D eigenvalue weighted by Gasteiger charge is 2.17. The summed E-state index contributed by atoms with van der Waals surface area (Å²) < 4.78 is 25.6. The van der Waals surface area contributed by atoms with E-state index in [0.717, 1.165) is 13.0 Å². The van der Waals surface area contributed by atoms with Gasteiger partial charge in [0.2, 0.25) is 10.0 Å². The van der Waals surface area contributed by atoms with Gasteiger partial charge in [-0.05, 0) is 40.8 Å². The molecule has 0 rings (SSSR count). The molecule has 1 unspecified atom stereocenters. The first-order valence-corrected chi connectivity index (χ1v) is 7.24. The summed E-state index contributed by atoms with van der Waals surface area (Å²) in [5.74, 6) is 0. The molecule has 0 aliphatic heterocycles. The third-order valence-electron chi connectivity index (χ3n) is 2.73. The van der Waals surface area contributed by atoms with Crippen LogP contribution in [0.5, 0.6) is 0 Å². The van der Waals surface area contributed by atoms with Gasteiger partial charge in [-0.3, -0.25) is 0 Å². The smallest absolute Gasteiger partial charge is 0.215 e. The van der Waals surface area contributed by atoms with E-state index >= 15 is 0 Å². The second-order valence-corrected chi connectivity index (χ2v) is 6.60. The predicted octanol–water partition coefficient (Wildman–Crippen LogP) is -0.0167. The molecule has 0 saturated carbocycles. The maximum absolute atomic E-state index is 11.5. The van der Waals surface area contributed by atoms with E-state index < -0.39 is 15.3 Å². The van der Waals surface area contributed by atoms with Gasteiger partial charge >= 0.3 is 0 Å². The molecule has 0 aromatic carbocycles. The fraction of sp³-hybridized carbons (Fsp3) is 1.00. The summed E-state index contributed by atoms with van der Waals surface area (Å²) >= 11 is 0. The average molecular weight is 251 g/mol. The van der Waals surface area contributed by atoms with Gasteiger partial charge < -0.3 is 10.6 Å². The van der Waals surface area contributed by atoms with E-state index in [4.69, 9.17) is 5.73 Å². The third kappa shape index (κ3) is 5.79. The summed E-state index contributed by atoms with van der Waals surface area (Å²) in [6.45, 7) is 7.35. The van der Waals surface area contributed by atoms with Crippen LogP contribution in [-0.4, -0.2) is 51.3 Å². The zero-order valence-electron chi connectivity index (χ0n) is 10.7. The van der Waals surface area contributed by atoms with Crippen LogP contribution in [0, 0.1) is 0 Å². The lowest BCUT2D eigenvalue weighted by atomic mass is 10.3. The van der Waals surface area contributed by atoms with Gasteiger partial charge in [-0.15, -0.1) is 0 Å². The maximum atomic E-state index is 11.5. The molecule has 3 N–H and O–H groups in total. The molecule has 0 amide bonds. The van der Waals surface area contributed by atoms with Crippen LogP contribution in [0.15, 0.2) is 0 Å². The van der Waals surface area contributed by atoms with E-state index in [1.165, 1.54) is 0 Å². The topological polar surface area (TPSA) is 75.4 Å². The first-order valence-electron chi connectivity index (χ1n) is 5.70. The van der Waals surface area contributed by atoms with Gasteiger partial charge in [-0.1, -0.05) is 0 Å². The number of sulfonamides is 1. The molecule has 0 aliphatic rings. The fourth-order valence-corrected chi connectivity index (χ4v) is 2.04. The van der Waals surface area contributed by atoms with Crippen molar-refractivity contribution in [3.8, 4) is 0 Å². The van der Waals surface area contributed by atoms with Crippen LogP contribution in [0.3, 0.4) is 0 Å². The number of rotatable bonds is 8. The molecule has 0 bridgehead atoms. The normalized spacial score (nSPS) is 14.7. The number of nitrogens with two attached hydrogens (primary N) is 1. The van der Waals surface area contributed by atoms with Crippen LogP contribution < -0.4 is 10.5 Å². The van der Waals surface area contributed by atoms with Crippen molar-refractivity contribution in [1.82, 2.24) is 9.62 Å². The molecule has 98 valence electrons. The average Bonchev–Trinajstić information content (AvgIpc) is 2.22. The second-order valence-electron chi connectivity index (χ2n) is 4.41. The minimum absolute atomic E-state index is 0.154. The molecule has 0 aromatic heterocycles. The molecule has 0 saturated heterocycles. The molecule has 6 heteroatoms. The zero-order chi connectivity index (χ0) is 12.8. The van der Waals surface area contributed by atoms with E-state index in [2.05, 4.69) is 23.5 Å². The molecule has 0 fully saturated rings. The number of hydrogen-bond acceptors (Lipinski definition) is 4. The molecular weight excluding hydrogens is 226 g/mol. The summed E-state index contributed by atoms with van der Waals surface area (Å²) in [5.41, 5.74) is 5.32. The van der Waals surface area contributed by atoms with Crippen LogP contribution >= 0.6 is 0 Å². The first-order chi connectivity index (χ1) is 7.31. The predicted molar refractivity (Wildman–Crippen MR) is 67.8 cm³/mol. The lowest BCUT2D eigenvalue weighted by Crippen LogP contribution is -2.38. The second kappa shape index (κ2) is 7.21. The Kier molecular flexibility index (Phi) is 7.14. The molecule has 0 heterocycles. The van der Waals surface area contributed by atoms with E-state index in [1.54, 1.807) is 6.92 Å². The van der Waals surface area contributed by atoms with Crippen LogP contribution in [0.2, 0.25) is 0 Å². The zero-order valence-corrected chi connectivity index (χ0v) is 11.5. The van der Waals surface area contributed by atoms with Crippen molar-refractivity contribution in [1.29, 1.82) is 0 Å². The van der Waals surface area contributed by atoms with Gasteiger partial charge in [0.25, 0.3) is 0 Å². The number of hydrogen-bond donors (Lipinski definition) is 2. The Labute approximate surface area is 99.4 Å². The highest BCUT2D eigenvalue weighted by atomic mass is 32.2. The molecule has 0 radical (unpaired) electrons. The molecule has 0 aliphatic carbocycles. The van der Waals surface area contributed by atoms with Crippen LogP contribution in [0.25, 0.3) is 0 Å². The van der Waals surface area contributed by atoms with Gasteiger partial charge in [0.15, 0.2) is 0 Å². The number of nitrogens with one attached hydrogen (secondary N) is 1. The van der Waals surface area contributed by atoms with Crippen molar-refractivity contribution in [3.05, 3.63) is 0 Å². The Morgan fingerprint density at radius 1 is 1.31 bits per heavy atom. The van der Waals surface area contributed by atoms with Gasteiger partial charge in [-0.2, -0.15) is 0 Å². The molecule has 16 heavy (non-hydrogen) atoms. The standard InChI is InChI=1S/C10H25N3O2S/c1-9(2)13(4)7-5-6-12-16(14,15)10(3)8-11/h9-10,12H,5-8,11H2,1-4H3. The van der Waals surface area contributed by atoms with Crippen molar-refractivity contribution in [3.63, 3.8) is 0 Å². The SMILES string of the molecule is CC(C)N(C)CCCNS(=O)(=O)C(C)CN. The highest BCUT2D eigenvalue weighted by molar-refractivity contribution is 7.90. The quantitative estimate of drug-likeness (QED) is 0.595. The Morgan fingerprint density at radius 3 is 2.31 bits per heavy atom. The van der Waals surface area contributed by atoms with Gasteiger partial charge in [0.05, 0.1) is 5.25 Å². The van der Waals surface area contributed by atoms with E-state index in [1.807, 2.05) is 7.05 Å². The summed E-state index contributed by atoms with van der Waals surface area (Å²) in [6, 6.07) is 0.486. The Hall–Kier alpha value is -0.170.